The number of esters is 1. The zero-order valence-electron chi connectivity index (χ0n) is 12.6. The first-order chi connectivity index (χ1) is 10.0. The monoisotopic (exact) mass is 290 g/mol. The van der Waals surface area contributed by atoms with Crippen LogP contribution in [0.25, 0.3) is 0 Å². The normalized spacial score (nSPS) is 18.4. The summed E-state index contributed by atoms with van der Waals surface area (Å²) >= 11 is 0. The Kier molecular flexibility index (Phi) is 4.83. The summed E-state index contributed by atoms with van der Waals surface area (Å²) in [4.78, 5) is 26.1. The highest BCUT2D eigenvalue weighted by Gasteiger charge is 2.30. The fourth-order valence-corrected chi connectivity index (χ4v) is 2.88. The Morgan fingerprint density at radius 3 is 2.81 bits per heavy atom. The average molecular weight is 290 g/mol. The number of carbonyl (C=O) groups is 2. The number of rotatable bonds is 3. The van der Waals surface area contributed by atoms with E-state index in [4.69, 9.17) is 10.5 Å². The van der Waals surface area contributed by atoms with Gasteiger partial charge in [-0.15, -0.1) is 0 Å². The molecule has 0 bridgehead atoms. The van der Waals surface area contributed by atoms with E-state index in [9.17, 15) is 9.59 Å². The van der Waals surface area contributed by atoms with Gasteiger partial charge in [-0.1, -0.05) is 12.1 Å². The number of methoxy groups -OCH3 is 1. The lowest BCUT2D eigenvalue weighted by Crippen LogP contribution is -2.45. The van der Waals surface area contributed by atoms with Crippen LogP contribution in [-0.2, 0) is 9.53 Å². The number of likely N-dealkylation sites (tertiary alicyclic amines) is 1. The molecule has 1 aliphatic heterocycles. The number of hydrogen-bond acceptors (Lipinski definition) is 4. The van der Waals surface area contributed by atoms with Gasteiger partial charge in [-0.3, -0.25) is 9.59 Å². The van der Waals surface area contributed by atoms with Crippen molar-refractivity contribution < 1.29 is 14.3 Å². The van der Waals surface area contributed by atoms with Gasteiger partial charge in [0.1, 0.15) is 0 Å². The van der Waals surface area contributed by atoms with Crippen LogP contribution in [0.4, 0.5) is 5.69 Å². The van der Waals surface area contributed by atoms with Gasteiger partial charge in [-0.25, -0.2) is 0 Å². The van der Waals surface area contributed by atoms with Crippen molar-refractivity contribution in [3.63, 3.8) is 0 Å². The number of hydrogen-bond donors (Lipinski definition) is 1. The fraction of sp³-hybridized carbons (Fsp3) is 0.500. The molecule has 5 nitrogen and oxygen atoms in total. The van der Waals surface area contributed by atoms with Crippen LogP contribution in [0.3, 0.4) is 0 Å². The standard InChI is InChI=1S/C16H22N2O3/c1-11-6-5-8-13(17)15(11)16(20)18-9-4-3-7-12(18)10-14(19)21-2/h5-6,8,12H,3-4,7,9-10,17H2,1-2H3. The number of aryl methyl sites for hydroxylation is 1. The molecule has 0 spiro atoms. The highest BCUT2D eigenvalue weighted by molar-refractivity contribution is 6.00. The number of nitrogens with two attached hydrogens (primary N) is 1. The van der Waals surface area contributed by atoms with Crippen LogP contribution < -0.4 is 5.73 Å². The van der Waals surface area contributed by atoms with Crippen molar-refractivity contribution in [1.29, 1.82) is 0 Å². The molecule has 1 saturated heterocycles. The van der Waals surface area contributed by atoms with Crippen molar-refractivity contribution in [3.8, 4) is 0 Å². The van der Waals surface area contributed by atoms with Crippen LogP contribution in [-0.4, -0.2) is 36.5 Å². The Balaban J connectivity index is 2.24. The lowest BCUT2D eigenvalue weighted by atomic mass is 9.96. The minimum absolute atomic E-state index is 0.0841. The first-order valence-corrected chi connectivity index (χ1v) is 7.27. The fourth-order valence-electron chi connectivity index (χ4n) is 2.88. The first-order valence-electron chi connectivity index (χ1n) is 7.27. The van der Waals surface area contributed by atoms with Crippen LogP contribution in [0.5, 0.6) is 0 Å². The molecule has 1 aromatic carbocycles. The summed E-state index contributed by atoms with van der Waals surface area (Å²) < 4.78 is 4.73. The van der Waals surface area contributed by atoms with E-state index in [1.807, 2.05) is 19.1 Å². The quantitative estimate of drug-likeness (QED) is 0.683. The topological polar surface area (TPSA) is 72.6 Å². The maximum atomic E-state index is 12.8. The van der Waals surface area contributed by atoms with Crippen molar-refractivity contribution in [2.75, 3.05) is 19.4 Å². The van der Waals surface area contributed by atoms with Crippen molar-refractivity contribution in [3.05, 3.63) is 29.3 Å². The number of ether oxygens (including phenoxy) is 1. The van der Waals surface area contributed by atoms with Crippen LogP contribution in [0.15, 0.2) is 18.2 Å². The smallest absolute Gasteiger partial charge is 0.307 e. The second kappa shape index (κ2) is 6.61. The predicted molar refractivity (Wildman–Crippen MR) is 80.9 cm³/mol. The molecule has 0 radical (unpaired) electrons. The van der Waals surface area contributed by atoms with Crippen molar-refractivity contribution in [1.82, 2.24) is 4.90 Å². The summed E-state index contributed by atoms with van der Waals surface area (Å²) in [5.74, 6) is -0.364. The van der Waals surface area contributed by atoms with Gasteiger partial charge in [0.05, 0.1) is 19.1 Å². The SMILES string of the molecule is COC(=O)CC1CCCCN1C(=O)c1c(C)cccc1N. The number of piperidine rings is 1. The average Bonchev–Trinajstić information content (AvgIpc) is 2.47. The summed E-state index contributed by atoms with van der Waals surface area (Å²) in [6.45, 7) is 2.54. The largest absolute Gasteiger partial charge is 0.469 e. The van der Waals surface area contributed by atoms with E-state index >= 15 is 0 Å². The number of nitrogen functional groups attached to an aromatic ring is 1. The molecule has 0 aromatic heterocycles. The van der Waals surface area contributed by atoms with E-state index in [1.54, 1.807) is 11.0 Å². The third-order valence-electron chi connectivity index (χ3n) is 4.04. The van der Waals surface area contributed by atoms with Crippen LogP contribution in [0.1, 0.15) is 41.6 Å². The van der Waals surface area contributed by atoms with E-state index in [2.05, 4.69) is 0 Å². The third-order valence-corrected chi connectivity index (χ3v) is 4.04. The molecule has 5 heteroatoms. The summed E-state index contributed by atoms with van der Waals surface area (Å²) in [6, 6.07) is 5.35. The third kappa shape index (κ3) is 3.35. The summed E-state index contributed by atoms with van der Waals surface area (Å²) in [6.07, 6.45) is 3.05. The van der Waals surface area contributed by atoms with Gasteiger partial charge in [0, 0.05) is 18.3 Å². The highest BCUT2D eigenvalue weighted by atomic mass is 16.5. The second-order valence-corrected chi connectivity index (χ2v) is 5.47. The summed E-state index contributed by atoms with van der Waals surface area (Å²) in [5.41, 5.74) is 7.86. The lowest BCUT2D eigenvalue weighted by Gasteiger charge is -2.35. The molecule has 21 heavy (non-hydrogen) atoms. The second-order valence-electron chi connectivity index (χ2n) is 5.47. The van der Waals surface area contributed by atoms with Gasteiger partial charge >= 0.3 is 5.97 Å². The molecule has 1 unspecified atom stereocenters. The molecule has 1 atom stereocenters. The molecular formula is C16H22N2O3. The Bertz CT molecular complexity index is 522. The number of carbonyl (C=O) groups excluding carboxylic acids is 2. The van der Waals surface area contributed by atoms with Gasteiger partial charge < -0.3 is 15.4 Å². The molecule has 1 heterocycles. The Hall–Kier alpha value is -2.04. The summed E-state index contributed by atoms with van der Waals surface area (Å²) in [5, 5.41) is 0. The van der Waals surface area contributed by atoms with E-state index < -0.39 is 0 Å². The molecule has 1 aromatic rings. The first kappa shape index (κ1) is 15.4. The Morgan fingerprint density at radius 2 is 2.14 bits per heavy atom. The lowest BCUT2D eigenvalue weighted by molar-refractivity contribution is -0.142. The van der Waals surface area contributed by atoms with Gasteiger partial charge in [0.25, 0.3) is 5.91 Å². The van der Waals surface area contributed by atoms with Crippen LogP contribution >= 0.6 is 0 Å². The van der Waals surface area contributed by atoms with Gasteiger partial charge in [0.15, 0.2) is 0 Å². The molecular weight excluding hydrogens is 268 g/mol. The highest BCUT2D eigenvalue weighted by Crippen LogP contribution is 2.25. The number of nitrogens with zero attached hydrogens (tertiary/aromatic N) is 1. The van der Waals surface area contributed by atoms with Crippen molar-refractivity contribution >= 4 is 17.6 Å². The molecule has 0 saturated carbocycles. The maximum Gasteiger partial charge on any atom is 0.307 e. The van der Waals surface area contributed by atoms with E-state index in [1.165, 1.54) is 7.11 Å². The van der Waals surface area contributed by atoms with E-state index in [0.29, 0.717) is 17.8 Å². The van der Waals surface area contributed by atoms with E-state index in [-0.39, 0.29) is 24.3 Å². The minimum Gasteiger partial charge on any atom is -0.469 e. The molecule has 114 valence electrons. The van der Waals surface area contributed by atoms with Crippen molar-refractivity contribution in [2.45, 2.75) is 38.6 Å². The maximum absolute atomic E-state index is 12.8. The van der Waals surface area contributed by atoms with Gasteiger partial charge in [0.2, 0.25) is 0 Å². The van der Waals surface area contributed by atoms with Gasteiger partial charge in [-0.2, -0.15) is 0 Å². The zero-order valence-corrected chi connectivity index (χ0v) is 12.6. The van der Waals surface area contributed by atoms with E-state index in [0.717, 1.165) is 24.8 Å². The number of benzene rings is 1. The molecule has 0 aliphatic carbocycles. The summed E-state index contributed by atoms with van der Waals surface area (Å²) in [7, 11) is 1.37. The number of amides is 1. The molecule has 1 amide bonds. The Labute approximate surface area is 125 Å². The zero-order chi connectivity index (χ0) is 15.4. The van der Waals surface area contributed by atoms with Crippen LogP contribution in [0, 0.1) is 6.92 Å². The minimum atomic E-state index is -0.280. The predicted octanol–water partition coefficient (Wildman–Crippen LogP) is 2.14. The van der Waals surface area contributed by atoms with Crippen LogP contribution in [0.2, 0.25) is 0 Å². The molecule has 1 aliphatic rings. The molecule has 2 N–H and O–H groups in total. The van der Waals surface area contributed by atoms with Gasteiger partial charge in [-0.05, 0) is 37.8 Å². The number of anilines is 1. The molecule has 2 rings (SSSR count). The molecule has 1 fully saturated rings. The Morgan fingerprint density at radius 1 is 1.38 bits per heavy atom. The van der Waals surface area contributed by atoms with Crippen molar-refractivity contribution in [2.24, 2.45) is 0 Å².